The van der Waals surface area contributed by atoms with Crippen molar-refractivity contribution in [2.75, 3.05) is 37.0 Å². The van der Waals surface area contributed by atoms with E-state index in [1.165, 1.54) is 0 Å². The van der Waals surface area contributed by atoms with Crippen LogP contribution in [0.3, 0.4) is 0 Å². The van der Waals surface area contributed by atoms with E-state index in [0.29, 0.717) is 35.7 Å². The second kappa shape index (κ2) is 10.6. The van der Waals surface area contributed by atoms with Crippen LogP contribution in [-0.2, 0) is 14.0 Å². The molecule has 3 rings (SSSR count). The van der Waals surface area contributed by atoms with Crippen molar-refractivity contribution in [2.45, 2.75) is 84.0 Å². The molecule has 8 heteroatoms. The minimum absolute atomic E-state index is 0.0234. The van der Waals surface area contributed by atoms with Crippen LogP contribution < -0.4 is 10.6 Å². The maximum Gasteiger partial charge on any atom is 0.253 e. The van der Waals surface area contributed by atoms with Crippen LogP contribution in [0, 0.1) is 0 Å². The van der Waals surface area contributed by atoms with Gasteiger partial charge in [-0.1, -0.05) is 48.5 Å². The fourth-order valence-electron chi connectivity index (χ4n) is 5.84. The zero-order valence-electron chi connectivity index (χ0n) is 21.4. The molecule has 2 heterocycles. The molecule has 1 aromatic heterocycles. The monoisotopic (exact) mass is 474 g/mol. The van der Waals surface area contributed by atoms with Crippen LogP contribution in [0.5, 0.6) is 0 Å². The number of benzene rings is 1. The predicted octanol–water partition coefficient (Wildman–Crippen LogP) is 5.52. The summed E-state index contributed by atoms with van der Waals surface area (Å²) in [6.45, 7) is 18.1. The fourth-order valence-corrected chi connectivity index (χ4v) is 11.3. The Bertz CT molecular complexity index is 935. The predicted molar refractivity (Wildman–Crippen MR) is 138 cm³/mol. The Balaban J connectivity index is 1.82. The number of anilines is 2. The molecular weight excluding hydrogens is 432 g/mol. The van der Waals surface area contributed by atoms with Gasteiger partial charge >= 0.3 is 0 Å². The van der Waals surface area contributed by atoms with Crippen LogP contribution in [0.25, 0.3) is 11.0 Å². The van der Waals surface area contributed by atoms with Crippen molar-refractivity contribution in [1.29, 1.82) is 0 Å². The molecule has 2 N–H and O–H groups in total. The van der Waals surface area contributed by atoms with E-state index in [4.69, 9.17) is 14.9 Å². The molecule has 1 amide bonds. The highest BCUT2D eigenvalue weighted by Crippen LogP contribution is 2.42. The summed E-state index contributed by atoms with van der Waals surface area (Å²) < 4.78 is 14.2. The number of aromatic nitrogens is 2. The third-order valence-corrected chi connectivity index (χ3v) is 13.5. The lowest BCUT2D eigenvalue weighted by Gasteiger charge is -2.42. The summed E-state index contributed by atoms with van der Waals surface area (Å²) in [7, 11) is -1.90. The number of rotatable bonds is 10. The molecule has 1 saturated heterocycles. The summed E-state index contributed by atoms with van der Waals surface area (Å²) in [6, 6.07) is 6.20. The van der Waals surface area contributed by atoms with E-state index in [-0.39, 0.29) is 18.6 Å². The van der Waals surface area contributed by atoms with Crippen molar-refractivity contribution >= 4 is 36.9 Å². The first-order valence-electron chi connectivity index (χ1n) is 12.4. The van der Waals surface area contributed by atoms with Crippen molar-refractivity contribution in [2.24, 2.45) is 0 Å². The molecule has 184 valence electrons. The number of imidazole rings is 1. The van der Waals surface area contributed by atoms with Crippen molar-refractivity contribution in [3.8, 4) is 0 Å². The van der Waals surface area contributed by atoms with Crippen molar-refractivity contribution in [3.05, 3.63) is 18.2 Å². The minimum atomic E-state index is -1.90. The molecule has 1 aromatic carbocycles. The van der Waals surface area contributed by atoms with Gasteiger partial charge in [-0.2, -0.15) is 0 Å². The smallest absolute Gasteiger partial charge is 0.253 e. The van der Waals surface area contributed by atoms with Crippen molar-refractivity contribution < 1.29 is 14.0 Å². The van der Waals surface area contributed by atoms with Gasteiger partial charge in [-0.15, -0.1) is 0 Å². The largest absolute Gasteiger partial charge is 0.416 e. The first kappa shape index (κ1) is 25.7. The topological polar surface area (TPSA) is 82.6 Å². The quantitative estimate of drug-likeness (QED) is 0.459. The Kier molecular flexibility index (Phi) is 8.24. The Hall–Kier alpha value is -1.90. The average Bonchev–Trinajstić information content (AvgIpc) is 3.08. The Morgan fingerprint density at radius 3 is 2.39 bits per heavy atom. The lowest BCUT2D eigenvalue weighted by molar-refractivity contribution is -0.125. The van der Waals surface area contributed by atoms with Gasteiger partial charge in [-0.3, -0.25) is 4.79 Å². The van der Waals surface area contributed by atoms with Gasteiger partial charge in [0.05, 0.1) is 17.6 Å². The third kappa shape index (κ3) is 4.98. The van der Waals surface area contributed by atoms with Gasteiger partial charge in [0, 0.05) is 24.9 Å². The molecule has 1 unspecified atom stereocenters. The van der Waals surface area contributed by atoms with E-state index in [9.17, 15) is 4.79 Å². The first-order chi connectivity index (χ1) is 15.6. The number of morpholine rings is 1. The second-order valence-electron chi connectivity index (χ2n) is 10.1. The minimum Gasteiger partial charge on any atom is -0.416 e. The normalized spacial score (nSPS) is 16.5. The molecule has 0 radical (unpaired) electrons. The van der Waals surface area contributed by atoms with Crippen LogP contribution in [0.4, 0.5) is 11.6 Å². The number of hydrogen-bond donors (Lipinski definition) is 1. The number of nitrogens with two attached hydrogens (primary N) is 1. The Labute approximate surface area is 199 Å². The van der Waals surface area contributed by atoms with Gasteiger partial charge < -0.3 is 24.4 Å². The molecule has 33 heavy (non-hydrogen) atoms. The average molecular weight is 475 g/mol. The number of nitrogens with zero attached hydrogens (tertiary/aromatic N) is 3. The van der Waals surface area contributed by atoms with Gasteiger partial charge in [0.2, 0.25) is 5.95 Å². The lowest BCUT2D eigenvalue weighted by atomic mass is 10.1. The number of fused-ring (bicyclic) bond motifs is 1. The van der Waals surface area contributed by atoms with Crippen molar-refractivity contribution in [1.82, 2.24) is 9.55 Å². The summed E-state index contributed by atoms with van der Waals surface area (Å²) in [5.41, 5.74) is 10.8. The highest BCUT2D eigenvalue weighted by atomic mass is 28.4. The molecule has 1 aliphatic heterocycles. The zero-order chi connectivity index (χ0) is 24.3. The molecule has 0 bridgehead atoms. The van der Waals surface area contributed by atoms with Crippen LogP contribution in [-0.4, -0.2) is 50.1 Å². The van der Waals surface area contributed by atoms with E-state index >= 15 is 0 Å². The highest BCUT2D eigenvalue weighted by molar-refractivity contribution is 6.77. The number of hydrogen-bond acceptors (Lipinski definition) is 5. The molecule has 1 aliphatic rings. The molecule has 7 nitrogen and oxygen atoms in total. The Morgan fingerprint density at radius 1 is 1.15 bits per heavy atom. The molecule has 1 fully saturated rings. The van der Waals surface area contributed by atoms with Crippen LogP contribution >= 0.6 is 0 Å². The van der Waals surface area contributed by atoms with E-state index in [1.807, 2.05) is 18.2 Å². The maximum absolute atomic E-state index is 12.2. The molecular formula is C25H42N4O3Si. The van der Waals surface area contributed by atoms with E-state index in [0.717, 1.165) is 36.2 Å². The van der Waals surface area contributed by atoms with Crippen molar-refractivity contribution in [3.63, 3.8) is 0 Å². The van der Waals surface area contributed by atoms with Gasteiger partial charge in [-0.25, -0.2) is 4.98 Å². The summed E-state index contributed by atoms with van der Waals surface area (Å²) >= 11 is 0. The second-order valence-corrected chi connectivity index (χ2v) is 15.6. The summed E-state index contributed by atoms with van der Waals surface area (Å²) in [4.78, 5) is 18.6. The molecule has 2 aromatic rings. The summed E-state index contributed by atoms with van der Waals surface area (Å²) in [5, 5.41) is 0. The summed E-state index contributed by atoms with van der Waals surface area (Å²) in [6.07, 6.45) is 1.85. The van der Waals surface area contributed by atoms with E-state index in [2.05, 4.69) is 58.0 Å². The SMILES string of the molecule is CCC(CCO[Si](C(C)C)(C(C)C)C(C)C)n1c(N)nc2cc(N3CCOCC3=O)ccc21. The fraction of sp³-hybridized carbons (Fsp3) is 0.680. The van der Waals surface area contributed by atoms with Crippen LogP contribution in [0.1, 0.15) is 67.3 Å². The van der Waals surface area contributed by atoms with E-state index < -0.39 is 8.32 Å². The standard InChI is InChI=1S/C25H42N4O3Si/c1-8-20(11-13-32-33(17(2)3,18(4)5)19(6)7)29-23-10-9-21(15-22(23)27-25(29)26)28-12-14-31-16-24(28)30/h9-10,15,17-20H,8,11-14,16H2,1-7H3,(H2,26,27). The Morgan fingerprint density at radius 2 is 1.82 bits per heavy atom. The van der Waals surface area contributed by atoms with Crippen LogP contribution in [0.15, 0.2) is 18.2 Å². The first-order valence-corrected chi connectivity index (χ1v) is 14.6. The van der Waals surface area contributed by atoms with Gasteiger partial charge in [-0.05, 0) is 47.7 Å². The lowest BCUT2D eigenvalue weighted by Crippen LogP contribution is -2.48. The van der Waals surface area contributed by atoms with Crippen LogP contribution in [0.2, 0.25) is 16.6 Å². The number of carbonyl (C=O) groups is 1. The maximum atomic E-state index is 12.2. The molecule has 0 spiro atoms. The highest BCUT2D eigenvalue weighted by Gasteiger charge is 2.45. The van der Waals surface area contributed by atoms with Gasteiger partial charge in [0.15, 0.2) is 8.32 Å². The number of nitrogen functional groups attached to an aromatic ring is 1. The van der Waals surface area contributed by atoms with Gasteiger partial charge in [0.1, 0.15) is 6.61 Å². The third-order valence-electron chi connectivity index (χ3n) is 7.34. The van der Waals surface area contributed by atoms with E-state index in [1.54, 1.807) is 4.90 Å². The van der Waals surface area contributed by atoms with Gasteiger partial charge in [0.25, 0.3) is 5.91 Å². The molecule has 1 atom stereocenters. The number of amides is 1. The number of carbonyl (C=O) groups excluding carboxylic acids is 1. The molecule has 0 aliphatic carbocycles. The zero-order valence-corrected chi connectivity index (χ0v) is 22.4. The number of ether oxygens (including phenoxy) is 1. The summed E-state index contributed by atoms with van der Waals surface area (Å²) in [5.74, 6) is 0.493. The molecule has 0 saturated carbocycles.